The summed E-state index contributed by atoms with van der Waals surface area (Å²) in [5, 5.41) is 62.8. The first kappa shape index (κ1) is 87.9. The normalized spacial score (nSPS) is 33.9. The van der Waals surface area contributed by atoms with Crippen molar-refractivity contribution in [2.24, 2.45) is 57.7 Å². The maximum Gasteiger partial charge on any atom is 0.309 e. The summed E-state index contributed by atoms with van der Waals surface area (Å²) in [6, 6.07) is 0. The van der Waals surface area contributed by atoms with Gasteiger partial charge in [0.15, 0.2) is 0 Å². The van der Waals surface area contributed by atoms with Crippen LogP contribution in [0, 0.1) is 78.4 Å². The van der Waals surface area contributed by atoms with Crippen molar-refractivity contribution in [1.29, 1.82) is 0 Å². The van der Waals surface area contributed by atoms with E-state index in [-0.39, 0.29) is 84.1 Å². The number of hydrogen-bond acceptors (Lipinski definition) is 21. The van der Waals surface area contributed by atoms with Crippen LogP contribution in [0.25, 0.3) is 18.2 Å². The number of cyclic esters (lactones) is 3. The van der Waals surface area contributed by atoms with Crippen LogP contribution in [0.5, 0.6) is 0 Å². The summed E-state index contributed by atoms with van der Waals surface area (Å²) < 4.78 is 23.6. The minimum Gasteiger partial charge on any atom is -0.458 e. The van der Waals surface area contributed by atoms with E-state index in [0.717, 1.165) is 73.7 Å². The zero-order valence-corrected chi connectivity index (χ0v) is 67.8. The molecule has 572 valence electrons. The number of aliphatic hydroxyl groups is 5. The molecule has 7 rings (SSSR count). The molecule has 0 aromatic carbocycles. The molecule has 17 atom stereocenters. The van der Waals surface area contributed by atoms with E-state index < -0.39 is 88.7 Å². The van der Waals surface area contributed by atoms with Gasteiger partial charge in [-0.05, 0) is 141 Å². The monoisotopic (exact) mass is 1480 g/mol. The minimum atomic E-state index is -1.25. The lowest BCUT2D eigenvalue weighted by Crippen LogP contribution is -2.45. The van der Waals surface area contributed by atoms with Crippen LogP contribution >= 0.6 is 34.0 Å². The number of Topliss-reactive ketones (excluding diaryl/α,β-unsaturated/α-hetero) is 3. The molecule has 0 aliphatic carbocycles. The number of carbonyl (C=O) groups is 6. The first-order valence-corrected chi connectivity index (χ1v) is 39.3. The number of allylic oxidation sites excluding steroid dienone is 3. The van der Waals surface area contributed by atoms with Gasteiger partial charge in [0.25, 0.3) is 0 Å². The zero-order chi connectivity index (χ0) is 77.4. The van der Waals surface area contributed by atoms with Crippen LogP contribution in [0.4, 0.5) is 0 Å². The Morgan fingerprint density at radius 1 is 0.505 bits per heavy atom. The molecule has 0 saturated carbocycles. The molecule has 0 radical (unpaired) electrons. The topological polar surface area (TPSA) is 282 Å². The van der Waals surface area contributed by atoms with Crippen molar-refractivity contribution in [3.8, 4) is 0 Å². The third-order valence-corrected chi connectivity index (χ3v) is 24.1. The van der Waals surface area contributed by atoms with Crippen molar-refractivity contribution < 1.29 is 73.2 Å². The van der Waals surface area contributed by atoms with Gasteiger partial charge in [0.2, 0.25) is 0 Å². The van der Waals surface area contributed by atoms with Crippen molar-refractivity contribution in [1.82, 2.24) is 15.0 Å². The molecule has 5 N–H and O–H groups in total. The standard InChI is InChI=1S/C28H43NO4S.C27H39NO6S.C27H39NO5S/c1-17-10-9-11-18(2)26(31)21(5)27(32)28(7,8)20(4)15-25(30)33-24(13-12-17)19(3)14-23-16-34-22(6)29-23;1-15-9-8-10-27(7)22(34-27)12-20(16(2)11-19-14-35-18(4)28-19)33-23(30)13-21(29)26(5,6)25(32)17(3)24(15)31;1-16-9-8-10-17(2)25(31)19(4)26(32)27(6,7)23(29)14-24(30)33-22(12-11-16)18(3)13-21-15-34-20(5)28-21/h12,14,16,18,20-21,24,26,31H,9-11,13,15H2,1-8H3;8-9,11,14-15,17,20-22,24,29,31H,10,12-13H2,1-7H3;8,10-11,13,15,17,19,22-23,25,29,31H,9,12,14H2,1-7H3/b17-12-,19-14+;9-8?,16-11+;10-8+,16-11-,18-13+/t18-,20-,21+,24-,26-;15-,17+,20-,21-,22-,24-,27+;17-,19+,22-,23-,25-/m000/s1. The van der Waals surface area contributed by atoms with Gasteiger partial charge in [0, 0.05) is 76.8 Å². The van der Waals surface area contributed by atoms with Crippen molar-refractivity contribution in [3.63, 3.8) is 0 Å². The summed E-state index contributed by atoms with van der Waals surface area (Å²) in [5.74, 6) is -4.55. The first-order valence-electron chi connectivity index (χ1n) is 36.6. The lowest BCUT2D eigenvalue weighted by atomic mass is 9.69. The summed E-state index contributed by atoms with van der Waals surface area (Å²) in [6.45, 7) is 40.8. The van der Waals surface area contributed by atoms with Gasteiger partial charge in [-0.25, -0.2) is 15.0 Å². The van der Waals surface area contributed by atoms with Gasteiger partial charge in [-0.2, -0.15) is 0 Å². The van der Waals surface area contributed by atoms with Crippen LogP contribution < -0.4 is 0 Å². The highest BCUT2D eigenvalue weighted by molar-refractivity contribution is 7.10. The lowest BCUT2D eigenvalue weighted by molar-refractivity contribution is -0.156. The number of ketones is 3. The van der Waals surface area contributed by atoms with Gasteiger partial charge >= 0.3 is 17.9 Å². The van der Waals surface area contributed by atoms with E-state index in [1.165, 1.54) is 5.57 Å². The molecule has 3 aromatic heterocycles. The molecule has 0 spiro atoms. The fourth-order valence-corrected chi connectivity index (χ4v) is 15.0. The number of thiazole rings is 3. The predicted molar refractivity (Wildman–Crippen MR) is 412 cm³/mol. The van der Waals surface area contributed by atoms with E-state index in [4.69, 9.17) is 18.9 Å². The molecule has 7 heterocycles. The number of aliphatic hydroxyl groups excluding tert-OH is 5. The van der Waals surface area contributed by atoms with Crippen LogP contribution in [0.3, 0.4) is 0 Å². The molecule has 3 aromatic rings. The third-order valence-electron chi connectivity index (χ3n) is 21.7. The van der Waals surface area contributed by atoms with E-state index in [1.54, 1.807) is 75.6 Å². The largest absolute Gasteiger partial charge is 0.458 e. The van der Waals surface area contributed by atoms with E-state index in [0.29, 0.717) is 32.1 Å². The average Bonchev–Trinajstić information content (AvgIpc) is 1.63. The molecular weight excluding hydrogens is 1360 g/mol. The van der Waals surface area contributed by atoms with E-state index >= 15 is 0 Å². The van der Waals surface area contributed by atoms with Crippen molar-refractivity contribution in [2.45, 2.75) is 283 Å². The van der Waals surface area contributed by atoms with Gasteiger partial charge < -0.3 is 44.5 Å². The van der Waals surface area contributed by atoms with Gasteiger partial charge in [0.05, 0.1) is 98.0 Å². The summed E-state index contributed by atoms with van der Waals surface area (Å²) in [7, 11) is 0. The maximum absolute atomic E-state index is 13.3. The number of esters is 3. The number of rotatable bonds is 6. The number of hydrogen-bond donors (Lipinski definition) is 5. The number of carbonyl (C=O) groups excluding carboxylic acids is 6. The SMILES string of the molecule is C/C(=C\c1csc(C)n1)[C@@H]1C[C@@H]2O[C@]2(C)CC=C[C@H](C)[C@H](O)[C@@H](C)C(=O)C(C)(C)[C@@H](O)CC(=O)O1.C/C1=C/C[C@@H](/C(C)=C/c2csc(C)n2)OC(=O)C[C@H](C)C(C)(C)C(=O)[C@H](C)[C@@H](O)[C@@H](C)CCC1.C/C1=C/C[C@@H](/C(C)=C/c2csc(C)n2)OC(=O)C[C@H](O)C(C)(C)C(=O)[C@H](C)[C@@H](O)[C@@H](C)/C=C/C1. The average molecular weight is 1490 g/mol. The summed E-state index contributed by atoms with van der Waals surface area (Å²) in [6.07, 6.45) is 16.5. The van der Waals surface area contributed by atoms with Crippen molar-refractivity contribution in [2.75, 3.05) is 0 Å². The molecule has 103 heavy (non-hydrogen) atoms. The fraction of sp³-hybridized carbons (Fsp3) is 0.646. The molecule has 4 aliphatic heterocycles. The van der Waals surface area contributed by atoms with Gasteiger partial charge in [-0.3, -0.25) is 28.8 Å². The number of fused-ring (bicyclic) bond motifs is 1. The highest BCUT2D eigenvalue weighted by Gasteiger charge is 2.53. The van der Waals surface area contributed by atoms with E-state index in [2.05, 4.69) is 28.0 Å². The third kappa shape index (κ3) is 25.5. The Morgan fingerprint density at radius 3 is 1.31 bits per heavy atom. The second kappa shape index (κ2) is 38.7. The smallest absolute Gasteiger partial charge is 0.309 e. The van der Waals surface area contributed by atoms with Crippen molar-refractivity contribution >= 4 is 87.5 Å². The quantitative estimate of drug-likeness (QED) is 0.0663. The van der Waals surface area contributed by atoms with Crippen LogP contribution in [-0.4, -0.2) is 136 Å². The number of aromatic nitrogens is 3. The minimum absolute atomic E-state index is 0.00171. The highest BCUT2D eigenvalue weighted by atomic mass is 32.1. The Morgan fingerprint density at radius 2 is 0.883 bits per heavy atom. The molecule has 21 heteroatoms. The zero-order valence-electron chi connectivity index (χ0n) is 65.3. The number of epoxide rings is 1. The van der Waals surface area contributed by atoms with Crippen LogP contribution in [0.1, 0.15) is 234 Å². The Bertz CT molecular complexity index is 3600. The number of aryl methyl sites for hydroxylation is 3. The highest BCUT2D eigenvalue weighted by Crippen LogP contribution is 2.45. The second-order valence-electron chi connectivity index (χ2n) is 31.7. The first-order chi connectivity index (χ1) is 47.9. The van der Waals surface area contributed by atoms with Gasteiger partial charge in [-0.15, -0.1) is 34.0 Å². The van der Waals surface area contributed by atoms with Crippen molar-refractivity contribution in [3.05, 3.63) is 113 Å². The molecule has 0 unspecified atom stereocenters. The Kier molecular flexibility index (Phi) is 33.0. The van der Waals surface area contributed by atoms with E-state index in [9.17, 15) is 54.3 Å². The predicted octanol–water partition coefficient (Wildman–Crippen LogP) is 15.8. The molecule has 0 amide bonds. The molecule has 0 bridgehead atoms. The lowest BCUT2D eigenvalue weighted by Gasteiger charge is -2.35. The number of ether oxygens (including phenoxy) is 4. The Balaban J connectivity index is 0.000000278. The maximum atomic E-state index is 13.3. The van der Waals surface area contributed by atoms with Gasteiger partial charge in [0.1, 0.15) is 35.7 Å². The summed E-state index contributed by atoms with van der Waals surface area (Å²) in [5.41, 5.74) is 3.94. The van der Waals surface area contributed by atoms with Crippen LogP contribution in [0.15, 0.2) is 80.5 Å². The Hall–Kier alpha value is -5.75. The fourth-order valence-electron chi connectivity index (χ4n) is 13.3. The van der Waals surface area contributed by atoms with E-state index in [1.807, 2.05) is 169 Å². The number of nitrogens with zero attached hydrogens (tertiary/aromatic N) is 3. The summed E-state index contributed by atoms with van der Waals surface area (Å²) >= 11 is 4.70. The van der Waals surface area contributed by atoms with Crippen LogP contribution in [-0.2, 0) is 47.7 Å². The molecule has 1 fully saturated rings. The van der Waals surface area contributed by atoms with Crippen LogP contribution in [0.2, 0.25) is 0 Å². The second-order valence-corrected chi connectivity index (χ2v) is 34.9. The molecule has 4 aliphatic rings. The van der Waals surface area contributed by atoms with Gasteiger partial charge in [-0.1, -0.05) is 138 Å². The summed E-state index contributed by atoms with van der Waals surface area (Å²) in [4.78, 5) is 91.8. The Labute approximate surface area is 625 Å². The molecular formula is C82H121N3O15S3. The molecule has 1 saturated heterocycles. The molecule has 18 nitrogen and oxygen atoms in total.